The Hall–Kier alpha value is -1.91. The van der Waals surface area contributed by atoms with Gasteiger partial charge in [-0.2, -0.15) is 0 Å². The molecule has 1 aromatic carbocycles. The van der Waals surface area contributed by atoms with E-state index in [0.29, 0.717) is 19.2 Å². The maximum atomic E-state index is 5.87. The van der Waals surface area contributed by atoms with E-state index in [4.69, 9.17) is 15.2 Å². The topological polar surface area (TPSA) is 68.9 Å². The number of rotatable bonds is 5. The Morgan fingerprint density at radius 1 is 1.24 bits per heavy atom. The third-order valence-electron chi connectivity index (χ3n) is 4.07. The second kappa shape index (κ2) is 6.70. The Morgan fingerprint density at radius 3 is 2.81 bits per heavy atom. The second-order valence-electron chi connectivity index (χ2n) is 5.68. The first-order valence-corrected chi connectivity index (χ1v) is 7.73. The van der Waals surface area contributed by atoms with E-state index in [1.165, 1.54) is 24.8 Å². The average Bonchev–Trinajstić information content (AvgIpc) is 2.45. The first-order valence-electron chi connectivity index (χ1n) is 7.73. The zero-order valence-electron chi connectivity index (χ0n) is 12.3. The molecule has 5 heteroatoms. The molecule has 0 aromatic heterocycles. The van der Waals surface area contributed by atoms with Crippen LogP contribution in [0.15, 0.2) is 23.2 Å². The molecule has 1 heterocycles. The minimum absolute atomic E-state index is 0.555. The van der Waals surface area contributed by atoms with Gasteiger partial charge in [-0.1, -0.05) is 12.5 Å². The van der Waals surface area contributed by atoms with Crippen molar-refractivity contribution in [1.29, 1.82) is 0 Å². The van der Waals surface area contributed by atoms with Crippen LogP contribution in [-0.4, -0.2) is 32.3 Å². The van der Waals surface area contributed by atoms with E-state index in [2.05, 4.69) is 16.4 Å². The maximum Gasteiger partial charge on any atom is 0.188 e. The Balaban J connectivity index is 1.44. The summed E-state index contributed by atoms with van der Waals surface area (Å²) in [5.74, 6) is 2.98. The van der Waals surface area contributed by atoms with Crippen LogP contribution in [0, 0.1) is 5.92 Å². The molecule has 0 unspecified atom stereocenters. The van der Waals surface area contributed by atoms with Crippen LogP contribution in [0.5, 0.6) is 11.5 Å². The van der Waals surface area contributed by atoms with Gasteiger partial charge in [0.2, 0.25) is 0 Å². The molecule has 21 heavy (non-hydrogen) atoms. The van der Waals surface area contributed by atoms with Gasteiger partial charge >= 0.3 is 0 Å². The summed E-state index contributed by atoms with van der Waals surface area (Å²) in [6.07, 6.45) is 4.83. The van der Waals surface area contributed by atoms with Crippen molar-refractivity contribution in [2.75, 3.05) is 26.3 Å². The van der Waals surface area contributed by atoms with Crippen LogP contribution < -0.4 is 20.5 Å². The minimum atomic E-state index is 0.555. The zero-order chi connectivity index (χ0) is 14.5. The molecule has 2 aliphatic rings. The van der Waals surface area contributed by atoms with Crippen molar-refractivity contribution in [1.82, 2.24) is 5.32 Å². The first kappa shape index (κ1) is 14.0. The van der Waals surface area contributed by atoms with Gasteiger partial charge < -0.3 is 20.5 Å². The van der Waals surface area contributed by atoms with Gasteiger partial charge in [-0.05, 0) is 42.9 Å². The van der Waals surface area contributed by atoms with Crippen molar-refractivity contribution in [3.05, 3.63) is 23.8 Å². The van der Waals surface area contributed by atoms with Crippen LogP contribution in [0.3, 0.4) is 0 Å². The van der Waals surface area contributed by atoms with Crippen molar-refractivity contribution in [2.24, 2.45) is 16.6 Å². The lowest BCUT2D eigenvalue weighted by molar-refractivity contribution is 0.171. The molecule has 5 nitrogen and oxygen atoms in total. The molecule has 114 valence electrons. The van der Waals surface area contributed by atoms with Crippen molar-refractivity contribution in [2.45, 2.75) is 25.7 Å². The molecule has 3 rings (SSSR count). The van der Waals surface area contributed by atoms with Gasteiger partial charge in [0.1, 0.15) is 13.2 Å². The van der Waals surface area contributed by atoms with Crippen LogP contribution in [-0.2, 0) is 6.42 Å². The summed E-state index contributed by atoms with van der Waals surface area (Å²) in [6.45, 7) is 2.89. The Bertz CT molecular complexity index is 512. The molecule has 0 bridgehead atoms. The van der Waals surface area contributed by atoms with E-state index in [0.717, 1.165) is 36.9 Å². The summed E-state index contributed by atoms with van der Waals surface area (Å²) >= 11 is 0. The van der Waals surface area contributed by atoms with E-state index < -0.39 is 0 Å². The SMILES string of the molecule is NC(=NCC1CCC1)NCCc1ccc2c(c1)OCCO2. The highest BCUT2D eigenvalue weighted by atomic mass is 16.6. The lowest BCUT2D eigenvalue weighted by Crippen LogP contribution is -2.34. The molecule has 1 fully saturated rings. The first-order chi connectivity index (χ1) is 10.3. The zero-order valence-corrected chi connectivity index (χ0v) is 12.3. The number of nitrogens with one attached hydrogen (secondary N) is 1. The summed E-state index contributed by atoms with van der Waals surface area (Å²) in [5, 5.41) is 3.17. The van der Waals surface area contributed by atoms with Crippen LogP contribution >= 0.6 is 0 Å². The molecule has 0 radical (unpaired) electrons. The van der Waals surface area contributed by atoms with Gasteiger partial charge in [0, 0.05) is 13.1 Å². The number of ether oxygens (including phenoxy) is 2. The van der Waals surface area contributed by atoms with Gasteiger partial charge in [0.05, 0.1) is 0 Å². The smallest absolute Gasteiger partial charge is 0.188 e. The number of benzene rings is 1. The van der Waals surface area contributed by atoms with Gasteiger partial charge in [-0.3, -0.25) is 4.99 Å². The van der Waals surface area contributed by atoms with Crippen LogP contribution in [0.2, 0.25) is 0 Å². The number of nitrogens with zero attached hydrogens (tertiary/aromatic N) is 1. The van der Waals surface area contributed by atoms with Crippen molar-refractivity contribution < 1.29 is 9.47 Å². The Morgan fingerprint density at radius 2 is 2.05 bits per heavy atom. The number of nitrogens with two attached hydrogens (primary N) is 1. The fourth-order valence-electron chi connectivity index (χ4n) is 2.54. The molecule has 0 amide bonds. The molecule has 1 aromatic rings. The van der Waals surface area contributed by atoms with Gasteiger partial charge in [0.15, 0.2) is 17.5 Å². The van der Waals surface area contributed by atoms with E-state index in [1.54, 1.807) is 0 Å². The third-order valence-corrected chi connectivity index (χ3v) is 4.07. The molecular weight excluding hydrogens is 266 g/mol. The standard InChI is InChI=1S/C16H23N3O2/c17-16(19-11-13-2-1-3-13)18-7-6-12-4-5-14-15(10-12)21-9-8-20-14/h4-5,10,13H,1-3,6-9,11H2,(H3,17,18,19). The number of fused-ring (bicyclic) bond motifs is 1. The summed E-state index contributed by atoms with van der Waals surface area (Å²) in [6, 6.07) is 6.08. The fraction of sp³-hybridized carbons (Fsp3) is 0.562. The normalized spacial score (nSPS) is 18.2. The highest BCUT2D eigenvalue weighted by Crippen LogP contribution is 2.30. The van der Waals surface area contributed by atoms with Crippen LogP contribution in [0.25, 0.3) is 0 Å². The van der Waals surface area contributed by atoms with Gasteiger partial charge in [-0.25, -0.2) is 0 Å². The van der Waals surface area contributed by atoms with Crippen molar-refractivity contribution in [3.8, 4) is 11.5 Å². The van der Waals surface area contributed by atoms with Gasteiger partial charge in [0.25, 0.3) is 0 Å². The molecule has 1 aliphatic heterocycles. The van der Waals surface area contributed by atoms with Crippen LogP contribution in [0.4, 0.5) is 0 Å². The lowest BCUT2D eigenvalue weighted by atomic mass is 9.86. The molecule has 0 saturated heterocycles. The van der Waals surface area contributed by atoms with E-state index in [1.807, 2.05) is 12.1 Å². The minimum Gasteiger partial charge on any atom is -0.486 e. The molecule has 1 aliphatic carbocycles. The number of guanidine groups is 1. The van der Waals surface area contributed by atoms with E-state index in [9.17, 15) is 0 Å². The predicted molar refractivity (Wildman–Crippen MR) is 83.0 cm³/mol. The highest BCUT2D eigenvalue weighted by molar-refractivity contribution is 5.77. The number of aliphatic imine (C=N–C) groups is 1. The van der Waals surface area contributed by atoms with Crippen LogP contribution in [0.1, 0.15) is 24.8 Å². The van der Waals surface area contributed by atoms with E-state index >= 15 is 0 Å². The summed E-state index contributed by atoms with van der Waals surface area (Å²) in [5.41, 5.74) is 7.08. The molecule has 3 N–H and O–H groups in total. The lowest BCUT2D eigenvalue weighted by Gasteiger charge is -2.23. The predicted octanol–water partition coefficient (Wildman–Crippen LogP) is 1.70. The number of hydrogen-bond acceptors (Lipinski definition) is 3. The van der Waals surface area contributed by atoms with Gasteiger partial charge in [-0.15, -0.1) is 0 Å². The molecule has 0 atom stereocenters. The van der Waals surface area contributed by atoms with E-state index in [-0.39, 0.29) is 0 Å². The molecule has 1 saturated carbocycles. The number of hydrogen-bond donors (Lipinski definition) is 2. The fourth-order valence-corrected chi connectivity index (χ4v) is 2.54. The highest BCUT2D eigenvalue weighted by Gasteiger charge is 2.16. The Kier molecular flexibility index (Phi) is 4.48. The molecular formula is C16H23N3O2. The quantitative estimate of drug-likeness (QED) is 0.639. The average molecular weight is 289 g/mol. The third kappa shape index (κ3) is 3.80. The van der Waals surface area contributed by atoms with Crippen molar-refractivity contribution >= 4 is 5.96 Å². The Labute approximate surface area is 125 Å². The van der Waals surface area contributed by atoms with Crippen molar-refractivity contribution in [3.63, 3.8) is 0 Å². The largest absolute Gasteiger partial charge is 0.486 e. The summed E-state index contributed by atoms with van der Waals surface area (Å²) in [7, 11) is 0. The summed E-state index contributed by atoms with van der Waals surface area (Å²) in [4.78, 5) is 4.39. The summed E-state index contributed by atoms with van der Waals surface area (Å²) < 4.78 is 11.1. The molecule has 0 spiro atoms. The monoisotopic (exact) mass is 289 g/mol. The maximum absolute atomic E-state index is 5.87. The second-order valence-corrected chi connectivity index (χ2v) is 5.68.